The molecule has 0 aromatic heterocycles. The lowest BCUT2D eigenvalue weighted by molar-refractivity contribution is 0.179. The molecule has 3 nitrogen and oxygen atoms in total. The van der Waals surface area contributed by atoms with E-state index in [-0.39, 0.29) is 6.04 Å². The highest BCUT2D eigenvalue weighted by molar-refractivity contribution is 7.85. The van der Waals surface area contributed by atoms with Gasteiger partial charge in [-0.2, -0.15) is 0 Å². The SMILES string of the molecule is CNC(CS(=O)c1ccccc1Cl)C1CCOC1. The normalized spacial score (nSPS) is 22.9. The van der Waals surface area contributed by atoms with E-state index in [1.165, 1.54) is 0 Å². The van der Waals surface area contributed by atoms with Crippen LogP contribution in [0, 0.1) is 5.92 Å². The van der Waals surface area contributed by atoms with Gasteiger partial charge < -0.3 is 10.1 Å². The van der Waals surface area contributed by atoms with Crippen molar-refractivity contribution in [1.82, 2.24) is 5.32 Å². The molecule has 3 unspecified atom stereocenters. The summed E-state index contributed by atoms with van der Waals surface area (Å²) in [6.07, 6.45) is 1.03. The first kappa shape index (κ1) is 14.0. The minimum atomic E-state index is -1.07. The molecule has 2 rings (SSSR count). The lowest BCUT2D eigenvalue weighted by Crippen LogP contribution is -2.38. The average molecular weight is 288 g/mol. The molecule has 1 aliphatic rings. The summed E-state index contributed by atoms with van der Waals surface area (Å²) in [4.78, 5) is 0.721. The van der Waals surface area contributed by atoms with E-state index in [1.54, 1.807) is 6.07 Å². The number of hydrogen-bond acceptors (Lipinski definition) is 3. The molecule has 1 aromatic carbocycles. The molecule has 1 heterocycles. The van der Waals surface area contributed by atoms with Crippen molar-refractivity contribution < 1.29 is 8.95 Å². The maximum absolute atomic E-state index is 12.3. The van der Waals surface area contributed by atoms with Gasteiger partial charge in [0.15, 0.2) is 0 Å². The fourth-order valence-corrected chi connectivity index (χ4v) is 4.06. The Hall–Kier alpha value is -0.420. The van der Waals surface area contributed by atoms with E-state index in [0.717, 1.165) is 24.5 Å². The Kier molecular flexibility index (Phi) is 5.18. The zero-order valence-corrected chi connectivity index (χ0v) is 12.0. The summed E-state index contributed by atoms with van der Waals surface area (Å²) in [5, 5.41) is 3.83. The highest BCUT2D eigenvalue weighted by atomic mass is 35.5. The standard InChI is InChI=1S/C13H18ClNO2S/c1-15-12(10-6-7-17-8-10)9-18(16)13-5-3-2-4-11(13)14/h2-5,10,12,15H,6-9H2,1H3. The molecule has 0 radical (unpaired) electrons. The number of nitrogens with one attached hydrogen (secondary N) is 1. The van der Waals surface area contributed by atoms with Crippen molar-refractivity contribution in [3.05, 3.63) is 29.3 Å². The van der Waals surface area contributed by atoms with Crippen molar-refractivity contribution >= 4 is 22.4 Å². The Morgan fingerprint density at radius 1 is 1.56 bits per heavy atom. The molecule has 1 saturated heterocycles. The number of rotatable bonds is 5. The molecule has 1 N–H and O–H groups in total. The van der Waals surface area contributed by atoms with E-state index < -0.39 is 10.8 Å². The van der Waals surface area contributed by atoms with Gasteiger partial charge in [-0.15, -0.1) is 0 Å². The molecule has 0 amide bonds. The van der Waals surface area contributed by atoms with Gasteiger partial charge in [0.1, 0.15) is 0 Å². The second kappa shape index (κ2) is 6.66. The molecular formula is C13H18ClNO2S. The lowest BCUT2D eigenvalue weighted by atomic mass is 10.0. The van der Waals surface area contributed by atoms with Gasteiger partial charge in [-0.05, 0) is 25.6 Å². The number of benzene rings is 1. The second-order valence-electron chi connectivity index (χ2n) is 4.46. The van der Waals surface area contributed by atoms with Gasteiger partial charge in [0.05, 0.1) is 27.3 Å². The summed E-state index contributed by atoms with van der Waals surface area (Å²) in [5.41, 5.74) is 0. The van der Waals surface area contributed by atoms with Crippen LogP contribution in [-0.4, -0.2) is 36.3 Å². The van der Waals surface area contributed by atoms with Crippen LogP contribution in [0.25, 0.3) is 0 Å². The zero-order chi connectivity index (χ0) is 13.0. The van der Waals surface area contributed by atoms with Crippen molar-refractivity contribution in [2.45, 2.75) is 17.4 Å². The minimum Gasteiger partial charge on any atom is -0.381 e. The van der Waals surface area contributed by atoms with Gasteiger partial charge in [0.2, 0.25) is 0 Å². The van der Waals surface area contributed by atoms with Crippen LogP contribution in [0.5, 0.6) is 0 Å². The molecule has 3 atom stereocenters. The Balaban J connectivity index is 2.03. The van der Waals surface area contributed by atoms with Crippen molar-refractivity contribution in [3.8, 4) is 0 Å². The van der Waals surface area contributed by atoms with Crippen LogP contribution >= 0.6 is 11.6 Å². The van der Waals surface area contributed by atoms with Gasteiger partial charge in [-0.25, -0.2) is 0 Å². The van der Waals surface area contributed by atoms with Gasteiger partial charge in [-0.1, -0.05) is 23.7 Å². The summed E-state index contributed by atoms with van der Waals surface area (Å²) >= 11 is 6.07. The molecular weight excluding hydrogens is 270 g/mol. The first-order valence-electron chi connectivity index (χ1n) is 6.10. The maximum atomic E-state index is 12.3. The van der Waals surface area contributed by atoms with Crippen molar-refractivity contribution in [2.24, 2.45) is 5.92 Å². The smallest absolute Gasteiger partial charge is 0.0574 e. The van der Waals surface area contributed by atoms with E-state index in [1.807, 2.05) is 25.2 Å². The molecule has 1 aromatic rings. The minimum absolute atomic E-state index is 0.213. The number of ether oxygens (including phenoxy) is 1. The maximum Gasteiger partial charge on any atom is 0.0574 e. The van der Waals surface area contributed by atoms with Crippen LogP contribution in [0.1, 0.15) is 6.42 Å². The lowest BCUT2D eigenvalue weighted by Gasteiger charge is -2.21. The Labute approximate surface area is 115 Å². The van der Waals surface area contributed by atoms with Gasteiger partial charge >= 0.3 is 0 Å². The van der Waals surface area contributed by atoms with E-state index in [0.29, 0.717) is 16.7 Å². The quantitative estimate of drug-likeness (QED) is 0.901. The molecule has 1 aliphatic heterocycles. The molecule has 1 fully saturated rings. The number of hydrogen-bond donors (Lipinski definition) is 1. The highest BCUT2D eigenvalue weighted by Gasteiger charge is 2.26. The Morgan fingerprint density at radius 2 is 2.33 bits per heavy atom. The average Bonchev–Trinajstić information content (AvgIpc) is 2.90. The molecule has 0 bridgehead atoms. The summed E-state index contributed by atoms with van der Waals surface area (Å²) in [7, 11) is 0.839. The van der Waals surface area contributed by atoms with Crippen LogP contribution in [0.4, 0.5) is 0 Å². The van der Waals surface area contributed by atoms with Crippen LogP contribution < -0.4 is 5.32 Å². The van der Waals surface area contributed by atoms with Crippen LogP contribution in [0.15, 0.2) is 29.2 Å². The Bertz CT molecular complexity index is 421. The first-order chi connectivity index (χ1) is 8.72. The molecule has 5 heteroatoms. The molecule has 100 valence electrons. The molecule has 0 aliphatic carbocycles. The largest absolute Gasteiger partial charge is 0.381 e. The van der Waals surface area contributed by atoms with Gasteiger partial charge in [0, 0.05) is 24.3 Å². The van der Waals surface area contributed by atoms with Crippen molar-refractivity contribution in [3.63, 3.8) is 0 Å². The van der Waals surface area contributed by atoms with E-state index in [2.05, 4.69) is 5.32 Å². The summed E-state index contributed by atoms with van der Waals surface area (Å²) in [5.74, 6) is 1.02. The summed E-state index contributed by atoms with van der Waals surface area (Å²) in [6, 6.07) is 7.54. The van der Waals surface area contributed by atoms with Gasteiger partial charge in [-0.3, -0.25) is 4.21 Å². The second-order valence-corrected chi connectivity index (χ2v) is 6.33. The third-order valence-electron chi connectivity index (χ3n) is 3.32. The molecule has 0 spiro atoms. The highest BCUT2D eigenvalue weighted by Crippen LogP contribution is 2.22. The van der Waals surface area contributed by atoms with Gasteiger partial charge in [0.25, 0.3) is 0 Å². The topological polar surface area (TPSA) is 38.3 Å². The summed E-state index contributed by atoms with van der Waals surface area (Å²) < 4.78 is 17.7. The third-order valence-corrected chi connectivity index (χ3v) is 5.27. The predicted molar refractivity (Wildman–Crippen MR) is 74.5 cm³/mol. The van der Waals surface area contributed by atoms with E-state index in [4.69, 9.17) is 16.3 Å². The van der Waals surface area contributed by atoms with E-state index in [9.17, 15) is 4.21 Å². The van der Waals surface area contributed by atoms with Crippen LogP contribution in [0.2, 0.25) is 5.02 Å². The van der Waals surface area contributed by atoms with Crippen molar-refractivity contribution in [2.75, 3.05) is 26.0 Å². The zero-order valence-electron chi connectivity index (χ0n) is 10.4. The Morgan fingerprint density at radius 3 is 2.94 bits per heavy atom. The predicted octanol–water partition coefficient (Wildman–Crippen LogP) is 2.07. The van der Waals surface area contributed by atoms with E-state index >= 15 is 0 Å². The van der Waals surface area contributed by atoms with Crippen LogP contribution in [0.3, 0.4) is 0 Å². The first-order valence-corrected chi connectivity index (χ1v) is 7.80. The fourth-order valence-electron chi connectivity index (χ4n) is 2.21. The monoisotopic (exact) mass is 287 g/mol. The number of halogens is 1. The molecule has 18 heavy (non-hydrogen) atoms. The fraction of sp³-hybridized carbons (Fsp3) is 0.538. The third kappa shape index (κ3) is 3.32. The van der Waals surface area contributed by atoms with Crippen molar-refractivity contribution in [1.29, 1.82) is 0 Å². The van der Waals surface area contributed by atoms with Crippen LogP contribution in [-0.2, 0) is 15.5 Å². The summed E-state index contributed by atoms with van der Waals surface area (Å²) in [6.45, 7) is 1.56. The molecule has 0 saturated carbocycles.